The third kappa shape index (κ3) is 5.66. The fraction of sp³-hybridized carbons (Fsp3) is 0.125. The molecular formula is C24H18Br2FNO3. The van der Waals surface area contributed by atoms with Gasteiger partial charge in [-0.3, -0.25) is 0 Å². The highest BCUT2D eigenvalue weighted by Gasteiger charge is 2.13. The molecule has 31 heavy (non-hydrogen) atoms. The van der Waals surface area contributed by atoms with E-state index in [1.165, 1.54) is 12.1 Å². The molecule has 0 amide bonds. The van der Waals surface area contributed by atoms with E-state index in [0.717, 1.165) is 14.5 Å². The summed E-state index contributed by atoms with van der Waals surface area (Å²) in [6.07, 6.45) is 1.75. The molecule has 0 aromatic heterocycles. The first-order valence-corrected chi connectivity index (χ1v) is 10.7. The molecule has 3 rings (SSSR count). The summed E-state index contributed by atoms with van der Waals surface area (Å²) in [6.45, 7) is 0.250. The molecule has 3 aromatic rings. The highest BCUT2D eigenvalue weighted by molar-refractivity contribution is 9.11. The lowest BCUT2D eigenvalue weighted by Gasteiger charge is -2.13. The summed E-state index contributed by atoms with van der Waals surface area (Å²) in [4.78, 5) is 0. The molecule has 158 valence electrons. The molecule has 0 unspecified atom stereocenters. The lowest BCUT2D eigenvalue weighted by Crippen LogP contribution is -1.99. The van der Waals surface area contributed by atoms with Gasteiger partial charge in [0.05, 0.1) is 30.3 Å². The van der Waals surface area contributed by atoms with E-state index in [0.29, 0.717) is 33.9 Å². The predicted molar refractivity (Wildman–Crippen MR) is 126 cm³/mol. The number of hydrogen-bond donors (Lipinski definition) is 0. The Hall–Kier alpha value is -2.82. The summed E-state index contributed by atoms with van der Waals surface area (Å²) < 4.78 is 31.4. The van der Waals surface area contributed by atoms with Gasteiger partial charge >= 0.3 is 0 Å². The number of rotatable bonds is 7. The standard InChI is InChI=1S/C24H18Br2FNO3/c1-29-22-8-5-16(11-23(22)30-2)18(13-28)9-17-10-19(25)12-21(26)24(17)31-14-15-3-6-20(27)7-4-15/h3-12H,14H2,1-2H3/b18-9+. The van der Waals surface area contributed by atoms with Gasteiger partial charge in [-0.15, -0.1) is 0 Å². The van der Waals surface area contributed by atoms with E-state index in [9.17, 15) is 9.65 Å². The van der Waals surface area contributed by atoms with Crippen LogP contribution in [0.1, 0.15) is 16.7 Å². The van der Waals surface area contributed by atoms with E-state index < -0.39 is 0 Å². The van der Waals surface area contributed by atoms with Gasteiger partial charge in [0.1, 0.15) is 18.2 Å². The van der Waals surface area contributed by atoms with Crippen LogP contribution in [0.4, 0.5) is 4.39 Å². The summed E-state index contributed by atoms with van der Waals surface area (Å²) in [7, 11) is 3.10. The van der Waals surface area contributed by atoms with Gasteiger partial charge in [0.25, 0.3) is 0 Å². The minimum Gasteiger partial charge on any atom is -0.493 e. The van der Waals surface area contributed by atoms with Crippen molar-refractivity contribution >= 4 is 43.5 Å². The zero-order chi connectivity index (χ0) is 22.4. The van der Waals surface area contributed by atoms with Gasteiger partial charge in [-0.2, -0.15) is 5.26 Å². The number of allylic oxidation sites excluding steroid dienone is 1. The van der Waals surface area contributed by atoms with Gasteiger partial charge < -0.3 is 14.2 Å². The predicted octanol–water partition coefficient (Wildman–Crippen LogP) is 7.01. The second-order valence-corrected chi connectivity index (χ2v) is 8.23. The number of methoxy groups -OCH3 is 2. The molecule has 0 fully saturated rings. The smallest absolute Gasteiger partial charge is 0.161 e. The third-order valence-electron chi connectivity index (χ3n) is 4.45. The summed E-state index contributed by atoms with van der Waals surface area (Å²) in [5.74, 6) is 1.38. The maximum Gasteiger partial charge on any atom is 0.161 e. The molecule has 0 aliphatic carbocycles. The first kappa shape index (κ1) is 22.9. The van der Waals surface area contributed by atoms with E-state index in [-0.39, 0.29) is 12.4 Å². The SMILES string of the molecule is COc1ccc(/C(C#N)=C/c2cc(Br)cc(Br)c2OCc2ccc(F)cc2)cc1OC. The van der Waals surface area contributed by atoms with Crippen LogP contribution in [-0.4, -0.2) is 14.2 Å². The van der Waals surface area contributed by atoms with Crippen molar-refractivity contribution in [1.82, 2.24) is 0 Å². The number of ether oxygens (including phenoxy) is 3. The molecule has 3 aromatic carbocycles. The van der Waals surface area contributed by atoms with Crippen LogP contribution >= 0.6 is 31.9 Å². The van der Waals surface area contributed by atoms with Crippen molar-refractivity contribution in [2.45, 2.75) is 6.61 Å². The van der Waals surface area contributed by atoms with Crippen molar-refractivity contribution in [2.24, 2.45) is 0 Å². The van der Waals surface area contributed by atoms with Crippen molar-refractivity contribution in [3.63, 3.8) is 0 Å². The Morgan fingerprint density at radius 2 is 1.71 bits per heavy atom. The minimum atomic E-state index is -0.300. The normalized spacial score (nSPS) is 11.0. The highest BCUT2D eigenvalue weighted by Crippen LogP contribution is 2.37. The maximum atomic E-state index is 13.2. The average molecular weight is 547 g/mol. The number of nitrogens with zero attached hydrogens (tertiary/aromatic N) is 1. The van der Waals surface area contributed by atoms with E-state index >= 15 is 0 Å². The molecule has 0 heterocycles. The van der Waals surface area contributed by atoms with E-state index in [1.54, 1.807) is 50.6 Å². The minimum absolute atomic E-state index is 0.250. The topological polar surface area (TPSA) is 51.5 Å². The molecule has 0 spiro atoms. The molecule has 0 N–H and O–H groups in total. The van der Waals surface area contributed by atoms with Crippen LogP contribution in [0.2, 0.25) is 0 Å². The Morgan fingerprint density at radius 3 is 2.35 bits per heavy atom. The monoisotopic (exact) mass is 545 g/mol. The number of hydrogen-bond acceptors (Lipinski definition) is 4. The molecular weight excluding hydrogens is 529 g/mol. The average Bonchev–Trinajstić information content (AvgIpc) is 2.77. The molecule has 0 atom stereocenters. The fourth-order valence-electron chi connectivity index (χ4n) is 2.92. The van der Waals surface area contributed by atoms with Gasteiger partial charge in [-0.1, -0.05) is 28.1 Å². The number of benzene rings is 3. The first-order valence-electron chi connectivity index (χ1n) is 9.15. The van der Waals surface area contributed by atoms with Crippen LogP contribution in [0.25, 0.3) is 11.6 Å². The van der Waals surface area contributed by atoms with Gasteiger partial charge in [-0.05, 0) is 75.6 Å². The Kier molecular flexibility index (Phi) is 7.72. The molecule has 0 bridgehead atoms. The molecule has 0 saturated heterocycles. The van der Waals surface area contributed by atoms with Crippen molar-refractivity contribution in [1.29, 1.82) is 5.26 Å². The van der Waals surface area contributed by atoms with Crippen LogP contribution in [0.15, 0.2) is 63.5 Å². The summed E-state index contributed by atoms with van der Waals surface area (Å²) in [5.41, 5.74) is 2.64. The molecule has 0 aliphatic rings. The van der Waals surface area contributed by atoms with E-state index in [1.807, 2.05) is 12.1 Å². The summed E-state index contributed by atoms with van der Waals surface area (Å²) in [5, 5.41) is 9.80. The molecule has 4 nitrogen and oxygen atoms in total. The van der Waals surface area contributed by atoms with Crippen LogP contribution in [-0.2, 0) is 6.61 Å². The van der Waals surface area contributed by atoms with Crippen LogP contribution in [0.3, 0.4) is 0 Å². The van der Waals surface area contributed by atoms with Crippen molar-refractivity contribution in [2.75, 3.05) is 14.2 Å². The lowest BCUT2D eigenvalue weighted by molar-refractivity contribution is 0.303. The highest BCUT2D eigenvalue weighted by atomic mass is 79.9. The summed E-state index contributed by atoms with van der Waals surface area (Å²) in [6, 6.07) is 17.4. The number of nitriles is 1. The van der Waals surface area contributed by atoms with Gasteiger partial charge in [0.2, 0.25) is 0 Å². The van der Waals surface area contributed by atoms with Crippen molar-refractivity contribution in [3.05, 3.63) is 86.1 Å². The quantitative estimate of drug-likeness (QED) is 0.236. The Bertz CT molecular complexity index is 1150. The second kappa shape index (κ2) is 10.5. The first-order chi connectivity index (χ1) is 14.9. The van der Waals surface area contributed by atoms with Crippen molar-refractivity contribution in [3.8, 4) is 23.3 Å². The van der Waals surface area contributed by atoms with Gasteiger partial charge in [-0.25, -0.2) is 4.39 Å². The molecule has 0 saturated carbocycles. The molecule has 0 aliphatic heterocycles. The Morgan fingerprint density at radius 1 is 1.00 bits per heavy atom. The molecule has 0 radical (unpaired) electrons. The maximum absolute atomic E-state index is 13.2. The van der Waals surface area contributed by atoms with Gasteiger partial charge in [0.15, 0.2) is 11.5 Å². The largest absolute Gasteiger partial charge is 0.493 e. The third-order valence-corrected chi connectivity index (χ3v) is 5.50. The zero-order valence-corrected chi connectivity index (χ0v) is 20.0. The van der Waals surface area contributed by atoms with E-state index in [2.05, 4.69) is 37.9 Å². The zero-order valence-electron chi connectivity index (χ0n) is 16.8. The second-order valence-electron chi connectivity index (χ2n) is 6.46. The molecule has 7 heteroatoms. The van der Waals surface area contributed by atoms with Crippen molar-refractivity contribution < 1.29 is 18.6 Å². The number of halogens is 3. The van der Waals surface area contributed by atoms with E-state index in [4.69, 9.17) is 14.2 Å². The van der Waals surface area contributed by atoms with Crippen LogP contribution in [0, 0.1) is 17.1 Å². The van der Waals surface area contributed by atoms with Gasteiger partial charge in [0, 0.05) is 10.0 Å². The lowest BCUT2D eigenvalue weighted by atomic mass is 10.0. The van der Waals surface area contributed by atoms with Crippen LogP contribution in [0.5, 0.6) is 17.2 Å². The Balaban J connectivity index is 1.99. The summed E-state index contributed by atoms with van der Waals surface area (Å²) >= 11 is 7.01. The fourth-order valence-corrected chi connectivity index (χ4v) is 4.29. The van der Waals surface area contributed by atoms with Crippen LogP contribution < -0.4 is 14.2 Å². The Labute approximate surface area is 197 Å².